The van der Waals surface area contributed by atoms with Crippen LogP contribution in [0.15, 0.2) is 143 Å². The van der Waals surface area contributed by atoms with Gasteiger partial charge in [-0.05, 0) is 71.8 Å². The Hall–Kier alpha value is -3.29. The Morgan fingerprint density at radius 1 is 0.457 bits per heavy atom. The Morgan fingerprint density at radius 3 is 1.57 bits per heavy atom. The highest BCUT2D eigenvalue weighted by Crippen LogP contribution is 2.26. The first kappa shape index (κ1) is 26.3. The van der Waals surface area contributed by atoms with Crippen molar-refractivity contribution in [2.75, 3.05) is 0 Å². The quantitative estimate of drug-likeness (QED) is 0.210. The molecule has 0 unspecified atom stereocenters. The van der Waals surface area contributed by atoms with Gasteiger partial charge in [0.15, 0.2) is 0 Å². The fourth-order valence-electron chi connectivity index (χ4n) is 3.91. The van der Waals surface area contributed by atoms with Crippen LogP contribution in [0.2, 0.25) is 0 Å². The van der Waals surface area contributed by atoms with Crippen LogP contribution in [0.5, 0.6) is 0 Å². The average molecular weight is 477 g/mol. The van der Waals surface area contributed by atoms with E-state index in [0.29, 0.717) is 0 Å². The van der Waals surface area contributed by atoms with E-state index in [1.54, 1.807) is 11.8 Å². The summed E-state index contributed by atoms with van der Waals surface area (Å²) in [6.07, 6.45) is 4.87. The van der Waals surface area contributed by atoms with Crippen LogP contribution in [0, 0.1) is 0 Å². The summed E-state index contributed by atoms with van der Waals surface area (Å²) in [6.45, 7) is 4.00. The predicted octanol–water partition coefficient (Wildman–Crippen LogP) is 10.3. The second-order valence-corrected chi connectivity index (χ2v) is 9.21. The first-order valence-electron chi connectivity index (χ1n) is 12.7. The smallest absolute Gasteiger partial charge is 0.0122 e. The Bertz CT molecular complexity index is 1170. The first-order valence-corrected chi connectivity index (χ1v) is 13.5. The Labute approximate surface area is 216 Å². The van der Waals surface area contributed by atoms with E-state index in [1.807, 2.05) is 26.0 Å². The zero-order valence-electron chi connectivity index (χ0n) is 20.9. The van der Waals surface area contributed by atoms with Crippen LogP contribution in [-0.4, -0.2) is 0 Å². The Morgan fingerprint density at radius 2 is 0.943 bits per heavy atom. The molecule has 0 amide bonds. The molecule has 0 atom stereocenters. The zero-order chi connectivity index (χ0) is 24.6. The highest BCUT2D eigenvalue weighted by atomic mass is 32.2. The van der Waals surface area contributed by atoms with Gasteiger partial charge in [0.2, 0.25) is 0 Å². The van der Waals surface area contributed by atoms with Gasteiger partial charge in [0.25, 0.3) is 0 Å². The maximum Gasteiger partial charge on any atom is 0.0122 e. The number of fused-ring (bicyclic) bond motifs is 1. The third kappa shape index (κ3) is 9.11. The van der Waals surface area contributed by atoms with Crippen LogP contribution in [0.25, 0.3) is 10.8 Å². The van der Waals surface area contributed by atoms with Crippen molar-refractivity contribution in [3.63, 3.8) is 0 Å². The lowest BCUT2D eigenvalue weighted by molar-refractivity contribution is 0.737. The van der Waals surface area contributed by atoms with E-state index in [9.17, 15) is 0 Å². The fourth-order valence-corrected chi connectivity index (χ4v) is 4.77. The predicted molar refractivity (Wildman–Crippen MR) is 155 cm³/mol. The van der Waals surface area contributed by atoms with Crippen LogP contribution in [-0.2, 0) is 12.8 Å². The number of hydrogen-bond acceptors (Lipinski definition) is 1. The average Bonchev–Trinajstić information content (AvgIpc) is 2.94. The Balaban J connectivity index is 0.000000197. The normalized spacial score (nSPS) is 10.0. The van der Waals surface area contributed by atoms with E-state index >= 15 is 0 Å². The highest BCUT2D eigenvalue weighted by Gasteiger charge is 2.00. The molecule has 0 heterocycles. The van der Waals surface area contributed by atoms with E-state index in [2.05, 4.69) is 121 Å². The SMILES string of the molecule is CC.c1ccc(CCCCc2cccc3ccccc23)cc1.c1ccc(Sc2ccccc2)cc1. The second kappa shape index (κ2) is 15.6. The van der Waals surface area contributed by atoms with Gasteiger partial charge < -0.3 is 0 Å². The maximum absolute atomic E-state index is 2.27. The summed E-state index contributed by atoms with van der Waals surface area (Å²) in [7, 11) is 0. The molecular weight excluding hydrogens is 440 g/mol. The van der Waals surface area contributed by atoms with Crippen LogP contribution >= 0.6 is 11.8 Å². The van der Waals surface area contributed by atoms with E-state index in [4.69, 9.17) is 0 Å². The minimum atomic E-state index is 1.17. The van der Waals surface area contributed by atoms with E-state index in [-0.39, 0.29) is 0 Å². The number of benzene rings is 5. The van der Waals surface area contributed by atoms with Gasteiger partial charge in [-0.2, -0.15) is 0 Å². The van der Waals surface area contributed by atoms with Crippen molar-refractivity contribution < 1.29 is 0 Å². The second-order valence-electron chi connectivity index (χ2n) is 8.06. The molecule has 0 saturated heterocycles. The van der Waals surface area contributed by atoms with Gasteiger partial charge in [0.1, 0.15) is 0 Å². The minimum Gasteiger partial charge on any atom is -0.0901 e. The lowest BCUT2D eigenvalue weighted by Gasteiger charge is -2.06. The molecule has 0 fully saturated rings. The molecule has 5 rings (SSSR count). The van der Waals surface area contributed by atoms with Crippen LogP contribution < -0.4 is 0 Å². The van der Waals surface area contributed by atoms with Crippen molar-refractivity contribution in [3.8, 4) is 0 Å². The van der Waals surface area contributed by atoms with Crippen molar-refractivity contribution in [3.05, 3.63) is 145 Å². The van der Waals surface area contributed by atoms with Crippen molar-refractivity contribution in [1.82, 2.24) is 0 Å². The molecule has 0 N–H and O–H groups in total. The molecule has 5 aromatic rings. The molecule has 0 aliphatic heterocycles. The molecule has 0 nitrogen and oxygen atoms in total. The number of unbranched alkanes of at least 4 members (excludes halogenated alkanes) is 1. The van der Waals surface area contributed by atoms with Gasteiger partial charge in [-0.15, -0.1) is 0 Å². The molecule has 0 radical (unpaired) electrons. The molecule has 0 aliphatic carbocycles. The number of rotatable bonds is 7. The van der Waals surface area contributed by atoms with Crippen LogP contribution in [0.3, 0.4) is 0 Å². The van der Waals surface area contributed by atoms with Gasteiger partial charge >= 0.3 is 0 Å². The van der Waals surface area contributed by atoms with Gasteiger partial charge in [-0.25, -0.2) is 0 Å². The lowest BCUT2D eigenvalue weighted by atomic mass is 9.99. The maximum atomic E-state index is 2.27. The molecule has 0 saturated carbocycles. The lowest BCUT2D eigenvalue weighted by Crippen LogP contribution is -1.90. The van der Waals surface area contributed by atoms with Crippen molar-refractivity contribution in [2.45, 2.75) is 49.3 Å². The summed E-state index contributed by atoms with van der Waals surface area (Å²) in [5, 5.41) is 2.77. The van der Waals surface area contributed by atoms with E-state index < -0.39 is 0 Å². The number of aryl methyl sites for hydroxylation is 2. The van der Waals surface area contributed by atoms with E-state index in [1.165, 1.54) is 57.4 Å². The van der Waals surface area contributed by atoms with Crippen LogP contribution in [0.1, 0.15) is 37.8 Å². The summed E-state index contributed by atoms with van der Waals surface area (Å²) in [5.41, 5.74) is 2.93. The molecular formula is C34H36S. The van der Waals surface area contributed by atoms with Crippen molar-refractivity contribution >= 4 is 22.5 Å². The summed E-state index contributed by atoms with van der Waals surface area (Å²) >= 11 is 1.79. The highest BCUT2D eigenvalue weighted by molar-refractivity contribution is 7.99. The summed E-state index contributed by atoms with van der Waals surface area (Å²) in [4.78, 5) is 2.57. The van der Waals surface area contributed by atoms with Crippen molar-refractivity contribution in [1.29, 1.82) is 0 Å². The molecule has 1 heteroatoms. The van der Waals surface area contributed by atoms with Gasteiger partial charge in [0.05, 0.1) is 0 Å². The third-order valence-corrected chi connectivity index (χ3v) is 6.62. The molecule has 35 heavy (non-hydrogen) atoms. The zero-order valence-corrected chi connectivity index (χ0v) is 21.8. The largest absolute Gasteiger partial charge is 0.0901 e. The standard InChI is InChI=1S/C20H20.C12H10S.C2H6/c1-2-9-17(10-3-1)11-4-5-12-18-14-8-15-19-13-6-7-16-20(18)19;1-3-7-11(8-4-1)13-12-9-5-2-6-10-12;1-2/h1-3,6-10,13-16H,4-5,11-12H2;1-10H;1-2H3. The molecule has 0 bridgehead atoms. The van der Waals surface area contributed by atoms with Crippen LogP contribution in [0.4, 0.5) is 0 Å². The fraction of sp³-hybridized carbons (Fsp3) is 0.176. The molecule has 0 spiro atoms. The summed E-state index contributed by atoms with van der Waals surface area (Å²) < 4.78 is 0. The van der Waals surface area contributed by atoms with Crippen molar-refractivity contribution in [2.24, 2.45) is 0 Å². The first-order chi connectivity index (χ1) is 17.4. The molecule has 0 aromatic heterocycles. The third-order valence-electron chi connectivity index (χ3n) is 5.61. The molecule has 0 aliphatic rings. The van der Waals surface area contributed by atoms with E-state index in [0.717, 1.165) is 0 Å². The summed E-state index contributed by atoms with van der Waals surface area (Å²) in [5.74, 6) is 0. The summed E-state index contributed by atoms with van der Waals surface area (Å²) in [6, 6.07) is 46.9. The van der Waals surface area contributed by atoms with Gasteiger partial charge in [0, 0.05) is 9.79 Å². The molecule has 5 aromatic carbocycles. The molecule has 178 valence electrons. The Kier molecular flexibility index (Phi) is 11.7. The topological polar surface area (TPSA) is 0 Å². The van der Waals surface area contributed by atoms with Gasteiger partial charge in [-0.3, -0.25) is 0 Å². The monoisotopic (exact) mass is 476 g/mol. The van der Waals surface area contributed by atoms with Gasteiger partial charge in [-0.1, -0.05) is 135 Å². The minimum absolute atomic E-state index is 1.17. The number of hydrogen-bond donors (Lipinski definition) is 0.